The first-order valence-electron chi connectivity index (χ1n) is 6.43. The van der Waals surface area contributed by atoms with E-state index in [4.69, 9.17) is 4.74 Å². The van der Waals surface area contributed by atoms with Crippen molar-refractivity contribution in [1.82, 2.24) is 15.1 Å². The van der Waals surface area contributed by atoms with Crippen LogP contribution in [0.3, 0.4) is 0 Å². The number of aliphatic hydroxyl groups is 1. The predicted octanol–water partition coefficient (Wildman–Crippen LogP) is -0.781. The Labute approximate surface area is 105 Å². The monoisotopic (exact) mass is 245 g/mol. The van der Waals surface area contributed by atoms with Crippen molar-refractivity contribution in [3.05, 3.63) is 0 Å². The SMILES string of the molecule is COCCNCC(O)CN1CCN(C)CC1C. The Kier molecular flexibility index (Phi) is 6.99. The molecular weight excluding hydrogens is 218 g/mol. The summed E-state index contributed by atoms with van der Waals surface area (Å²) in [4.78, 5) is 4.70. The van der Waals surface area contributed by atoms with Crippen molar-refractivity contribution in [1.29, 1.82) is 0 Å². The average Bonchev–Trinajstić information content (AvgIpc) is 2.28. The number of methoxy groups -OCH3 is 1. The molecule has 0 radical (unpaired) electrons. The number of likely N-dealkylation sites (N-methyl/N-ethyl adjacent to an activating group) is 1. The predicted molar refractivity (Wildman–Crippen MR) is 69.3 cm³/mol. The van der Waals surface area contributed by atoms with Crippen LogP contribution in [0.5, 0.6) is 0 Å². The summed E-state index contributed by atoms with van der Waals surface area (Å²) in [6.07, 6.45) is -0.294. The standard InChI is InChI=1S/C12H27N3O2/c1-11-9-14(2)5-6-15(11)10-12(16)8-13-4-7-17-3/h11-13,16H,4-10H2,1-3H3. The highest BCUT2D eigenvalue weighted by Gasteiger charge is 2.22. The Morgan fingerprint density at radius 3 is 2.88 bits per heavy atom. The van der Waals surface area contributed by atoms with Crippen LogP contribution in [0.4, 0.5) is 0 Å². The number of piperazine rings is 1. The second-order valence-corrected chi connectivity index (χ2v) is 4.96. The second-order valence-electron chi connectivity index (χ2n) is 4.96. The lowest BCUT2D eigenvalue weighted by Crippen LogP contribution is -2.53. The number of β-amino-alcohol motifs (C(OH)–C–C–N with tert-alkyl or cyclic N) is 1. The maximum atomic E-state index is 9.93. The molecule has 0 bridgehead atoms. The van der Waals surface area contributed by atoms with E-state index >= 15 is 0 Å². The number of nitrogens with one attached hydrogen (secondary N) is 1. The summed E-state index contributed by atoms with van der Waals surface area (Å²) in [7, 11) is 3.83. The molecule has 1 saturated heterocycles. The van der Waals surface area contributed by atoms with Crippen LogP contribution in [-0.4, -0.2) is 87.1 Å². The van der Waals surface area contributed by atoms with Gasteiger partial charge in [-0.05, 0) is 14.0 Å². The van der Waals surface area contributed by atoms with Crippen molar-refractivity contribution in [2.45, 2.75) is 19.1 Å². The lowest BCUT2D eigenvalue weighted by atomic mass is 10.2. The minimum atomic E-state index is -0.294. The molecule has 0 spiro atoms. The van der Waals surface area contributed by atoms with Gasteiger partial charge in [-0.3, -0.25) is 4.90 Å². The summed E-state index contributed by atoms with van der Waals surface area (Å²) < 4.78 is 4.94. The van der Waals surface area contributed by atoms with Crippen molar-refractivity contribution in [2.75, 3.05) is 60.0 Å². The van der Waals surface area contributed by atoms with Crippen molar-refractivity contribution >= 4 is 0 Å². The molecular formula is C12H27N3O2. The van der Waals surface area contributed by atoms with E-state index in [-0.39, 0.29) is 6.10 Å². The Balaban J connectivity index is 2.14. The topological polar surface area (TPSA) is 48.0 Å². The first-order chi connectivity index (χ1) is 8.13. The normalized spacial score (nSPS) is 25.1. The summed E-state index contributed by atoms with van der Waals surface area (Å²) in [5, 5.41) is 13.1. The Morgan fingerprint density at radius 2 is 2.24 bits per heavy atom. The lowest BCUT2D eigenvalue weighted by Gasteiger charge is -2.39. The molecule has 0 saturated carbocycles. The van der Waals surface area contributed by atoms with Gasteiger partial charge in [0.25, 0.3) is 0 Å². The van der Waals surface area contributed by atoms with E-state index in [1.54, 1.807) is 7.11 Å². The van der Waals surface area contributed by atoms with E-state index in [1.807, 2.05) is 0 Å². The molecule has 1 heterocycles. The van der Waals surface area contributed by atoms with Gasteiger partial charge in [0.15, 0.2) is 0 Å². The summed E-state index contributed by atoms with van der Waals surface area (Å²) >= 11 is 0. The van der Waals surface area contributed by atoms with Gasteiger partial charge >= 0.3 is 0 Å². The van der Waals surface area contributed by atoms with Gasteiger partial charge < -0.3 is 20.1 Å². The number of rotatable bonds is 7. The lowest BCUT2D eigenvalue weighted by molar-refractivity contribution is 0.0472. The Morgan fingerprint density at radius 1 is 1.47 bits per heavy atom. The third-order valence-electron chi connectivity index (χ3n) is 3.28. The Hall–Kier alpha value is -0.200. The summed E-state index contributed by atoms with van der Waals surface area (Å²) in [6, 6.07) is 0.530. The molecule has 0 amide bonds. The molecule has 2 N–H and O–H groups in total. The van der Waals surface area contributed by atoms with Crippen molar-refractivity contribution in [2.24, 2.45) is 0 Å². The molecule has 1 rings (SSSR count). The maximum Gasteiger partial charge on any atom is 0.0791 e. The first kappa shape index (κ1) is 14.9. The summed E-state index contributed by atoms with van der Waals surface area (Å²) in [5.41, 5.74) is 0. The van der Waals surface area contributed by atoms with Gasteiger partial charge in [-0.25, -0.2) is 0 Å². The quantitative estimate of drug-likeness (QED) is 0.576. The number of ether oxygens (including phenoxy) is 1. The largest absolute Gasteiger partial charge is 0.390 e. The minimum absolute atomic E-state index is 0.294. The van der Waals surface area contributed by atoms with E-state index in [0.717, 1.165) is 32.7 Å². The number of nitrogens with zero attached hydrogens (tertiary/aromatic N) is 2. The molecule has 1 fully saturated rings. The first-order valence-corrected chi connectivity index (χ1v) is 6.43. The van der Waals surface area contributed by atoms with E-state index in [9.17, 15) is 5.11 Å². The van der Waals surface area contributed by atoms with Gasteiger partial charge in [0.05, 0.1) is 12.7 Å². The van der Waals surface area contributed by atoms with Crippen LogP contribution in [0.25, 0.3) is 0 Å². The third-order valence-corrected chi connectivity index (χ3v) is 3.28. The smallest absolute Gasteiger partial charge is 0.0791 e. The number of aliphatic hydroxyl groups excluding tert-OH is 1. The van der Waals surface area contributed by atoms with Crippen molar-refractivity contribution in [3.8, 4) is 0 Å². The zero-order valence-corrected chi connectivity index (χ0v) is 11.4. The molecule has 0 aromatic carbocycles. The van der Waals surface area contributed by atoms with E-state index in [1.165, 1.54) is 0 Å². The highest BCUT2D eigenvalue weighted by molar-refractivity contribution is 4.79. The molecule has 0 aromatic rings. The summed E-state index contributed by atoms with van der Waals surface area (Å²) in [5.74, 6) is 0. The van der Waals surface area contributed by atoms with Gasteiger partial charge in [-0.2, -0.15) is 0 Å². The highest BCUT2D eigenvalue weighted by Crippen LogP contribution is 2.08. The molecule has 0 aromatic heterocycles. The summed E-state index contributed by atoms with van der Waals surface area (Å²) in [6.45, 7) is 8.34. The molecule has 1 aliphatic heterocycles. The molecule has 5 nitrogen and oxygen atoms in total. The number of hydrogen-bond acceptors (Lipinski definition) is 5. The van der Waals surface area contributed by atoms with Gasteiger partial charge in [0.2, 0.25) is 0 Å². The molecule has 5 heteroatoms. The minimum Gasteiger partial charge on any atom is -0.390 e. The Bertz CT molecular complexity index is 204. The van der Waals surface area contributed by atoms with Crippen LogP contribution >= 0.6 is 0 Å². The third kappa shape index (κ3) is 5.79. The van der Waals surface area contributed by atoms with Crippen LogP contribution in [-0.2, 0) is 4.74 Å². The molecule has 102 valence electrons. The zero-order valence-electron chi connectivity index (χ0n) is 11.4. The van der Waals surface area contributed by atoms with Gasteiger partial charge in [0, 0.05) is 52.4 Å². The van der Waals surface area contributed by atoms with Crippen LogP contribution in [0.2, 0.25) is 0 Å². The van der Waals surface area contributed by atoms with Crippen molar-refractivity contribution in [3.63, 3.8) is 0 Å². The fourth-order valence-electron chi connectivity index (χ4n) is 2.23. The molecule has 17 heavy (non-hydrogen) atoms. The fourth-order valence-corrected chi connectivity index (χ4v) is 2.23. The van der Waals surface area contributed by atoms with Crippen LogP contribution in [0.15, 0.2) is 0 Å². The molecule has 2 atom stereocenters. The average molecular weight is 245 g/mol. The number of hydrogen-bond donors (Lipinski definition) is 2. The van der Waals surface area contributed by atoms with Crippen LogP contribution in [0.1, 0.15) is 6.92 Å². The maximum absolute atomic E-state index is 9.93. The van der Waals surface area contributed by atoms with E-state index in [2.05, 4.69) is 29.1 Å². The van der Waals surface area contributed by atoms with Crippen LogP contribution in [0, 0.1) is 0 Å². The van der Waals surface area contributed by atoms with E-state index in [0.29, 0.717) is 19.2 Å². The molecule has 0 aliphatic carbocycles. The van der Waals surface area contributed by atoms with Gasteiger partial charge in [-0.15, -0.1) is 0 Å². The van der Waals surface area contributed by atoms with Crippen molar-refractivity contribution < 1.29 is 9.84 Å². The zero-order chi connectivity index (χ0) is 12.7. The molecule has 2 unspecified atom stereocenters. The fraction of sp³-hybridized carbons (Fsp3) is 1.00. The highest BCUT2D eigenvalue weighted by atomic mass is 16.5. The second kappa shape index (κ2) is 8.00. The van der Waals surface area contributed by atoms with E-state index < -0.39 is 0 Å². The molecule has 1 aliphatic rings. The van der Waals surface area contributed by atoms with Gasteiger partial charge in [-0.1, -0.05) is 0 Å². The van der Waals surface area contributed by atoms with Gasteiger partial charge in [0.1, 0.15) is 0 Å². The van der Waals surface area contributed by atoms with Crippen LogP contribution < -0.4 is 5.32 Å².